The fourth-order valence-electron chi connectivity index (χ4n) is 2.22. The third-order valence-electron chi connectivity index (χ3n) is 3.17. The van der Waals surface area contributed by atoms with E-state index in [4.69, 9.17) is 5.73 Å². The number of benzene rings is 1. The van der Waals surface area contributed by atoms with Crippen LogP contribution in [-0.2, 0) is 19.3 Å². The van der Waals surface area contributed by atoms with Crippen molar-refractivity contribution in [1.29, 1.82) is 0 Å². The van der Waals surface area contributed by atoms with Gasteiger partial charge in [-0.2, -0.15) is 5.10 Å². The Kier molecular flexibility index (Phi) is 4.94. The third kappa shape index (κ3) is 3.27. The van der Waals surface area contributed by atoms with Crippen molar-refractivity contribution >= 4 is 15.9 Å². The van der Waals surface area contributed by atoms with Crippen molar-refractivity contribution in [1.82, 2.24) is 14.8 Å². The van der Waals surface area contributed by atoms with E-state index in [9.17, 15) is 0 Å². The van der Waals surface area contributed by atoms with E-state index < -0.39 is 0 Å². The lowest BCUT2D eigenvalue weighted by molar-refractivity contribution is 0.718. The smallest absolute Gasteiger partial charge is 0.151 e. The van der Waals surface area contributed by atoms with Crippen LogP contribution in [0.3, 0.4) is 0 Å². The van der Waals surface area contributed by atoms with Crippen LogP contribution < -0.4 is 5.73 Å². The van der Waals surface area contributed by atoms with Gasteiger partial charge in [-0.3, -0.25) is 0 Å². The molecule has 0 spiro atoms. The van der Waals surface area contributed by atoms with Gasteiger partial charge >= 0.3 is 0 Å². The second kappa shape index (κ2) is 6.50. The molecule has 0 saturated carbocycles. The number of rotatable bonds is 5. The van der Waals surface area contributed by atoms with E-state index in [1.807, 2.05) is 17.7 Å². The molecule has 0 amide bonds. The van der Waals surface area contributed by atoms with Crippen LogP contribution in [0.25, 0.3) is 5.69 Å². The Hall–Kier alpha value is -1.20. The summed E-state index contributed by atoms with van der Waals surface area (Å²) in [6.45, 7) is 6.19. The standard InChI is InChI=1S/C15H21BrN4/c1-4-14-18-15(5-2)20(19-14)13-9-12(16)7-6-11(13)8-10(3)17/h6-7,9-10H,4-5,8,17H2,1-3H3. The largest absolute Gasteiger partial charge is 0.328 e. The van der Waals surface area contributed by atoms with Gasteiger partial charge in [0.15, 0.2) is 5.82 Å². The normalized spacial score (nSPS) is 12.7. The first-order chi connectivity index (χ1) is 9.55. The molecule has 0 radical (unpaired) electrons. The van der Waals surface area contributed by atoms with Gasteiger partial charge in [0.25, 0.3) is 0 Å². The molecule has 1 heterocycles. The molecule has 20 heavy (non-hydrogen) atoms. The molecule has 1 aromatic heterocycles. The second-order valence-corrected chi connectivity index (χ2v) is 5.93. The van der Waals surface area contributed by atoms with Gasteiger partial charge in [0.05, 0.1) is 5.69 Å². The van der Waals surface area contributed by atoms with Crippen LogP contribution in [0.2, 0.25) is 0 Å². The zero-order chi connectivity index (χ0) is 14.7. The monoisotopic (exact) mass is 336 g/mol. The maximum absolute atomic E-state index is 5.95. The quantitative estimate of drug-likeness (QED) is 0.912. The molecule has 4 nitrogen and oxygen atoms in total. The van der Waals surface area contributed by atoms with E-state index >= 15 is 0 Å². The Balaban J connectivity index is 2.55. The van der Waals surface area contributed by atoms with Gasteiger partial charge in [0.1, 0.15) is 5.82 Å². The zero-order valence-electron chi connectivity index (χ0n) is 12.2. The molecule has 0 aliphatic carbocycles. The highest BCUT2D eigenvalue weighted by atomic mass is 79.9. The summed E-state index contributed by atoms with van der Waals surface area (Å²) in [7, 11) is 0. The fourth-order valence-corrected chi connectivity index (χ4v) is 2.57. The Morgan fingerprint density at radius 3 is 2.65 bits per heavy atom. The van der Waals surface area contributed by atoms with E-state index in [-0.39, 0.29) is 6.04 Å². The topological polar surface area (TPSA) is 56.7 Å². The van der Waals surface area contributed by atoms with Crippen molar-refractivity contribution in [2.45, 2.75) is 46.1 Å². The van der Waals surface area contributed by atoms with E-state index in [1.165, 1.54) is 5.56 Å². The predicted octanol–water partition coefficient (Wildman–Crippen LogP) is 3.04. The van der Waals surface area contributed by atoms with Crippen molar-refractivity contribution in [3.8, 4) is 5.69 Å². The van der Waals surface area contributed by atoms with Crippen LogP contribution in [0.5, 0.6) is 0 Å². The molecule has 108 valence electrons. The molecule has 2 aromatic rings. The lowest BCUT2D eigenvalue weighted by atomic mass is 10.1. The minimum absolute atomic E-state index is 0.120. The maximum Gasteiger partial charge on any atom is 0.151 e. The van der Waals surface area contributed by atoms with E-state index in [0.717, 1.165) is 41.1 Å². The van der Waals surface area contributed by atoms with Crippen molar-refractivity contribution < 1.29 is 0 Å². The van der Waals surface area contributed by atoms with Gasteiger partial charge < -0.3 is 5.73 Å². The van der Waals surface area contributed by atoms with Crippen molar-refractivity contribution in [3.63, 3.8) is 0 Å². The molecule has 2 rings (SSSR count). The van der Waals surface area contributed by atoms with Crippen LogP contribution in [0, 0.1) is 0 Å². The summed E-state index contributed by atoms with van der Waals surface area (Å²) in [5.74, 6) is 1.87. The van der Waals surface area contributed by atoms with Crippen LogP contribution in [-0.4, -0.2) is 20.8 Å². The van der Waals surface area contributed by atoms with E-state index in [1.54, 1.807) is 0 Å². The highest BCUT2D eigenvalue weighted by molar-refractivity contribution is 9.10. The lowest BCUT2D eigenvalue weighted by Crippen LogP contribution is -2.19. The van der Waals surface area contributed by atoms with Gasteiger partial charge in [0.2, 0.25) is 0 Å². The minimum Gasteiger partial charge on any atom is -0.328 e. The first kappa shape index (κ1) is 15.2. The lowest BCUT2D eigenvalue weighted by Gasteiger charge is -2.13. The average Bonchev–Trinajstić information content (AvgIpc) is 2.83. The van der Waals surface area contributed by atoms with Gasteiger partial charge in [-0.25, -0.2) is 9.67 Å². The number of nitrogens with zero attached hydrogens (tertiary/aromatic N) is 3. The highest BCUT2D eigenvalue weighted by Crippen LogP contribution is 2.22. The minimum atomic E-state index is 0.120. The number of hydrogen-bond donors (Lipinski definition) is 1. The van der Waals surface area contributed by atoms with E-state index in [0.29, 0.717) is 0 Å². The molecular formula is C15H21BrN4. The molecule has 5 heteroatoms. The van der Waals surface area contributed by atoms with Gasteiger partial charge in [-0.05, 0) is 31.0 Å². The van der Waals surface area contributed by atoms with E-state index in [2.05, 4.69) is 52.0 Å². The van der Waals surface area contributed by atoms with Crippen LogP contribution in [0.4, 0.5) is 0 Å². The number of halogens is 1. The molecule has 0 bridgehead atoms. The molecular weight excluding hydrogens is 316 g/mol. The molecule has 1 atom stereocenters. The first-order valence-corrected chi connectivity index (χ1v) is 7.83. The van der Waals surface area contributed by atoms with Crippen molar-refractivity contribution in [2.75, 3.05) is 0 Å². The average molecular weight is 337 g/mol. The predicted molar refractivity (Wildman–Crippen MR) is 85.2 cm³/mol. The maximum atomic E-state index is 5.95. The van der Waals surface area contributed by atoms with Crippen LogP contribution >= 0.6 is 15.9 Å². The summed E-state index contributed by atoms with van der Waals surface area (Å²) in [5, 5.41) is 4.62. The molecule has 2 N–H and O–H groups in total. The SMILES string of the molecule is CCc1nc(CC)n(-c2cc(Br)ccc2CC(C)N)n1. The fraction of sp³-hybridized carbons (Fsp3) is 0.467. The molecule has 1 unspecified atom stereocenters. The van der Waals surface area contributed by atoms with Crippen LogP contribution in [0.15, 0.2) is 22.7 Å². The Morgan fingerprint density at radius 1 is 1.30 bits per heavy atom. The number of nitrogens with two attached hydrogens (primary N) is 1. The summed E-state index contributed by atoms with van der Waals surface area (Å²) in [4.78, 5) is 4.58. The van der Waals surface area contributed by atoms with Crippen molar-refractivity contribution in [2.24, 2.45) is 5.73 Å². The first-order valence-electron chi connectivity index (χ1n) is 7.04. The summed E-state index contributed by atoms with van der Waals surface area (Å²) >= 11 is 3.54. The zero-order valence-corrected chi connectivity index (χ0v) is 13.8. The Bertz CT molecular complexity index is 590. The Morgan fingerprint density at radius 2 is 2.05 bits per heavy atom. The van der Waals surface area contributed by atoms with Gasteiger partial charge in [-0.1, -0.05) is 35.8 Å². The number of hydrogen-bond acceptors (Lipinski definition) is 3. The summed E-state index contributed by atoms with van der Waals surface area (Å²) < 4.78 is 3.00. The Labute approximate surface area is 128 Å². The summed E-state index contributed by atoms with van der Waals surface area (Å²) in [6, 6.07) is 6.36. The van der Waals surface area contributed by atoms with Gasteiger partial charge in [0, 0.05) is 23.4 Å². The molecule has 0 aliphatic heterocycles. The number of aryl methyl sites for hydroxylation is 2. The van der Waals surface area contributed by atoms with Crippen molar-refractivity contribution in [3.05, 3.63) is 39.9 Å². The van der Waals surface area contributed by atoms with Gasteiger partial charge in [-0.15, -0.1) is 0 Å². The number of aromatic nitrogens is 3. The van der Waals surface area contributed by atoms with Crippen LogP contribution in [0.1, 0.15) is 38.0 Å². The third-order valence-corrected chi connectivity index (χ3v) is 3.66. The molecule has 0 aliphatic rings. The highest BCUT2D eigenvalue weighted by Gasteiger charge is 2.14. The molecule has 0 fully saturated rings. The summed E-state index contributed by atoms with van der Waals surface area (Å²) in [6.07, 6.45) is 2.53. The molecule has 0 saturated heterocycles. The second-order valence-electron chi connectivity index (χ2n) is 5.02. The summed E-state index contributed by atoms with van der Waals surface area (Å²) in [5.41, 5.74) is 8.22. The molecule has 1 aromatic carbocycles.